The molecule has 29 heavy (non-hydrogen) atoms. The molecule has 0 radical (unpaired) electrons. The van der Waals surface area contributed by atoms with Gasteiger partial charge in [-0.1, -0.05) is 12.1 Å². The number of hydrogen-bond acceptors (Lipinski definition) is 7. The van der Waals surface area contributed by atoms with Crippen LogP contribution in [0.4, 0.5) is 8.78 Å². The molecule has 0 bridgehead atoms. The van der Waals surface area contributed by atoms with Crippen molar-refractivity contribution in [2.75, 3.05) is 6.61 Å². The highest BCUT2D eigenvalue weighted by Crippen LogP contribution is 2.38. The van der Waals surface area contributed by atoms with E-state index < -0.39 is 50.8 Å². The first-order valence-electron chi connectivity index (χ1n) is 8.65. The molecule has 0 spiro atoms. The Kier molecular flexibility index (Phi) is 5.86. The molecule has 1 aromatic heterocycles. The predicted octanol–water partition coefficient (Wildman–Crippen LogP) is 1.03. The van der Waals surface area contributed by atoms with Crippen LogP contribution in [0.3, 0.4) is 0 Å². The molecule has 0 aliphatic heterocycles. The van der Waals surface area contributed by atoms with Gasteiger partial charge in [0.2, 0.25) is 5.91 Å². The van der Waals surface area contributed by atoms with Crippen molar-refractivity contribution in [3.05, 3.63) is 34.7 Å². The number of sulfonamides is 1. The highest BCUT2D eigenvalue weighted by molar-refractivity contribution is 7.90. The van der Waals surface area contributed by atoms with Crippen LogP contribution in [0.1, 0.15) is 25.8 Å². The number of alkyl halides is 2. The number of aromatic amines is 1. The molecule has 1 aromatic carbocycles. The molecule has 10 nitrogen and oxygen atoms in total. The number of nitrogens with zero attached hydrogens (tertiary/aromatic N) is 2. The molecule has 0 saturated heterocycles. The van der Waals surface area contributed by atoms with Gasteiger partial charge >= 0.3 is 18.3 Å². The van der Waals surface area contributed by atoms with Crippen LogP contribution >= 0.6 is 0 Å². The van der Waals surface area contributed by atoms with Crippen molar-refractivity contribution in [1.82, 2.24) is 19.5 Å². The largest absolute Gasteiger partial charge is 0.464 e. The summed E-state index contributed by atoms with van der Waals surface area (Å²) in [4.78, 5) is 26.3. The van der Waals surface area contributed by atoms with E-state index in [2.05, 4.69) is 14.8 Å². The van der Waals surface area contributed by atoms with E-state index in [1.54, 1.807) is 6.92 Å². The Morgan fingerprint density at radius 1 is 1.38 bits per heavy atom. The summed E-state index contributed by atoms with van der Waals surface area (Å²) >= 11 is 0. The number of aromatic nitrogens is 3. The van der Waals surface area contributed by atoms with Crippen LogP contribution < -0.4 is 19.9 Å². The molecule has 1 amide bonds. The monoisotopic (exact) mass is 432 g/mol. The number of carbonyl (C=O) groups is 1. The molecule has 158 valence electrons. The van der Waals surface area contributed by atoms with Gasteiger partial charge in [-0.15, -0.1) is 5.10 Å². The quantitative estimate of drug-likeness (QED) is 0.637. The van der Waals surface area contributed by atoms with Gasteiger partial charge in [-0.25, -0.2) is 22.6 Å². The molecule has 13 heteroatoms. The van der Waals surface area contributed by atoms with E-state index in [-0.39, 0.29) is 12.6 Å². The Bertz CT molecular complexity index is 1050. The lowest BCUT2D eigenvalue weighted by molar-refractivity contribution is -0.128. The minimum atomic E-state index is -4.47. The Morgan fingerprint density at radius 2 is 2.10 bits per heavy atom. The van der Waals surface area contributed by atoms with Crippen LogP contribution in [-0.4, -0.2) is 42.3 Å². The molecule has 2 atom stereocenters. The van der Waals surface area contributed by atoms with Crippen LogP contribution in [-0.2, 0) is 14.8 Å². The first-order chi connectivity index (χ1) is 13.7. The average Bonchev–Trinajstić information content (AvgIpc) is 2.93. The van der Waals surface area contributed by atoms with Gasteiger partial charge in [0.25, 0.3) is 10.0 Å². The van der Waals surface area contributed by atoms with Crippen LogP contribution in [0.5, 0.6) is 11.8 Å². The zero-order valence-corrected chi connectivity index (χ0v) is 16.0. The van der Waals surface area contributed by atoms with E-state index in [1.165, 1.54) is 12.1 Å². The Morgan fingerprint density at radius 3 is 2.72 bits per heavy atom. The van der Waals surface area contributed by atoms with E-state index in [9.17, 15) is 26.8 Å². The van der Waals surface area contributed by atoms with Crippen LogP contribution in [0.2, 0.25) is 0 Å². The van der Waals surface area contributed by atoms with Crippen molar-refractivity contribution in [2.24, 2.45) is 5.92 Å². The lowest BCUT2D eigenvalue weighted by Crippen LogP contribution is -2.46. The number of carbonyl (C=O) groups excluding carboxylic acids is 1. The average molecular weight is 432 g/mol. The Labute approximate surface area is 163 Å². The second-order valence-electron chi connectivity index (χ2n) is 6.16. The van der Waals surface area contributed by atoms with Crippen molar-refractivity contribution >= 4 is 15.9 Å². The summed E-state index contributed by atoms with van der Waals surface area (Å²) in [6, 6.07) is 4.06. The third kappa shape index (κ3) is 4.39. The number of rotatable bonds is 8. The van der Waals surface area contributed by atoms with Crippen LogP contribution in [0.15, 0.2) is 34.0 Å². The lowest BCUT2D eigenvalue weighted by atomic mass is 9.79. The number of halogens is 2. The maximum Gasteiger partial charge on any atom is 0.387 e. The maximum atomic E-state index is 12.5. The van der Waals surface area contributed by atoms with Gasteiger partial charge < -0.3 is 9.47 Å². The van der Waals surface area contributed by atoms with Crippen molar-refractivity contribution < 1.29 is 31.5 Å². The fourth-order valence-electron chi connectivity index (χ4n) is 2.95. The molecule has 2 unspecified atom stereocenters. The van der Waals surface area contributed by atoms with E-state index in [0.29, 0.717) is 12.8 Å². The topological polar surface area (TPSA) is 132 Å². The van der Waals surface area contributed by atoms with E-state index in [0.717, 1.165) is 16.8 Å². The number of ether oxygens (including phenoxy) is 2. The standard InChI is InChI=1S/C16H18F2N4O6S/c1-2-27-15-19-16(24)22(20-15)10-8-7-9(10)13(23)21-29(25,26)12-6-4-3-5-11(12)28-14(17)18/h3-6,9-10,14H,2,7-8H2,1H3,(H,21,23)(H,19,20,24). The van der Waals surface area contributed by atoms with Crippen molar-refractivity contribution in [3.8, 4) is 11.8 Å². The molecule has 1 aliphatic carbocycles. The van der Waals surface area contributed by atoms with E-state index >= 15 is 0 Å². The van der Waals surface area contributed by atoms with Gasteiger partial charge in [0.05, 0.1) is 18.6 Å². The zero-order chi connectivity index (χ0) is 21.2. The van der Waals surface area contributed by atoms with E-state index in [1.807, 2.05) is 4.72 Å². The summed E-state index contributed by atoms with van der Waals surface area (Å²) in [5.41, 5.74) is -0.588. The summed E-state index contributed by atoms with van der Waals surface area (Å²) in [6.07, 6.45) is 0.754. The molecule has 1 aliphatic rings. The SMILES string of the molecule is CCOc1nn(C2CCC2C(=O)NS(=O)(=O)c2ccccc2OC(F)F)c(=O)[nH]1. The summed E-state index contributed by atoms with van der Waals surface area (Å²) in [5.74, 6) is -2.30. The summed E-state index contributed by atoms with van der Waals surface area (Å²) < 4.78 is 62.3. The van der Waals surface area contributed by atoms with Gasteiger partial charge in [-0.2, -0.15) is 8.78 Å². The first kappa shape index (κ1) is 20.8. The highest BCUT2D eigenvalue weighted by atomic mass is 32.2. The molecule has 1 heterocycles. The van der Waals surface area contributed by atoms with Crippen molar-refractivity contribution in [2.45, 2.75) is 37.3 Å². The van der Waals surface area contributed by atoms with Gasteiger partial charge in [0.15, 0.2) is 0 Å². The third-order valence-corrected chi connectivity index (χ3v) is 5.77. The summed E-state index contributed by atoms with van der Waals surface area (Å²) in [6.45, 7) is -1.25. The second kappa shape index (κ2) is 8.19. The maximum absolute atomic E-state index is 12.5. The van der Waals surface area contributed by atoms with Crippen LogP contribution in [0, 0.1) is 5.92 Å². The van der Waals surface area contributed by atoms with E-state index in [4.69, 9.17) is 4.74 Å². The van der Waals surface area contributed by atoms with Gasteiger partial charge in [-0.05, 0) is 31.9 Å². The number of hydrogen-bond donors (Lipinski definition) is 2. The van der Waals surface area contributed by atoms with Gasteiger partial charge in [0, 0.05) is 0 Å². The fraction of sp³-hybridized carbons (Fsp3) is 0.438. The molecular weight excluding hydrogens is 414 g/mol. The predicted molar refractivity (Wildman–Crippen MR) is 94.2 cm³/mol. The molecule has 1 fully saturated rings. The Balaban J connectivity index is 1.77. The molecule has 3 rings (SSSR count). The number of H-pyrrole nitrogens is 1. The molecule has 2 aromatic rings. The van der Waals surface area contributed by atoms with Crippen molar-refractivity contribution in [1.29, 1.82) is 0 Å². The third-order valence-electron chi connectivity index (χ3n) is 4.38. The number of amides is 1. The minimum Gasteiger partial charge on any atom is -0.464 e. The van der Waals surface area contributed by atoms with Crippen LogP contribution in [0.25, 0.3) is 0 Å². The van der Waals surface area contributed by atoms with Gasteiger partial charge in [-0.3, -0.25) is 9.78 Å². The summed E-state index contributed by atoms with van der Waals surface area (Å²) in [5, 5.41) is 3.95. The van der Waals surface area contributed by atoms with Gasteiger partial charge in [0.1, 0.15) is 10.6 Å². The molecular formula is C16H18F2N4O6S. The Hall–Kier alpha value is -2.96. The smallest absolute Gasteiger partial charge is 0.387 e. The normalized spacial score (nSPS) is 18.9. The number of para-hydroxylation sites is 1. The van der Waals surface area contributed by atoms with Crippen molar-refractivity contribution in [3.63, 3.8) is 0 Å². The fourth-order valence-corrected chi connectivity index (χ4v) is 4.12. The first-order valence-corrected chi connectivity index (χ1v) is 10.1. The highest BCUT2D eigenvalue weighted by Gasteiger charge is 2.41. The zero-order valence-electron chi connectivity index (χ0n) is 15.2. The number of benzene rings is 1. The lowest BCUT2D eigenvalue weighted by Gasteiger charge is -2.34. The second-order valence-corrected chi connectivity index (χ2v) is 7.81. The summed E-state index contributed by atoms with van der Waals surface area (Å²) in [7, 11) is -4.47. The molecule has 1 saturated carbocycles. The number of nitrogens with one attached hydrogen (secondary N) is 2. The molecule has 2 N–H and O–H groups in total. The minimum absolute atomic E-state index is 0.00532.